The van der Waals surface area contributed by atoms with E-state index in [2.05, 4.69) is 20.8 Å². The summed E-state index contributed by atoms with van der Waals surface area (Å²) in [6.45, 7) is 0.849. The van der Waals surface area contributed by atoms with E-state index in [9.17, 15) is 18.0 Å². The molecule has 0 bridgehead atoms. The fraction of sp³-hybridized carbons (Fsp3) is 0.231. The largest absolute Gasteiger partial charge is 0.376 e. The smallest absolute Gasteiger partial charge is 0.324 e. The summed E-state index contributed by atoms with van der Waals surface area (Å²) < 4.78 is 44.6. The normalized spacial score (nSPS) is 13.6. The van der Waals surface area contributed by atoms with Crippen LogP contribution in [0.1, 0.15) is 11.3 Å². The molecule has 116 valence electrons. The average molecular weight is 312 g/mol. The standard InChI is InChI=1S/C13H11F3N4O2/c14-7-1-2-9(11(16)10(7)15)17-13(21)18-12-6-5-22-4-3-8(6)19-20-12/h1-2H,3-5H2,(H3,17,18,19,20,21). The molecular weight excluding hydrogens is 301 g/mol. The number of fused-ring (bicyclic) bond motifs is 1. The number of hydrogen-bond acceptors (Lipinski definition) is 3. The molecule has 1 aliphatic heterocycles. The highest BCUT2D eigenvalue weighted by Gasteiger charge is 2.20. The van der Waals surface area contributed by atoms with Gasteiger partial charge in [-0.1, -0.05) is 0 Å². The molecule has 1 aromatic carbocycles. The number of carbonyl (C=O) groups excluding carboxylic acids is 1. The van der Waals surface area contributed by atoms with Crippen LogP contribution in [0.15, 0.2) is 12.1 Å². The van der Waals surface area contributed by atoms with Crippen LogP contribution in [0, 0.1) is 17.5 Å². The molecule has 0 aliphatic carbocycles. The maximum Gasteiger partial charge on any atom is 0.324 e. The van der Waals surface area contributed by atoms with E-state index in [1.54, 1.807) is 0 Å². The zero-order chi connectivity index (χ0) is 15.7. The van der Waals surface area contributed by atoms with Gasteiger partial charge in [-0.2, -0.15) is 5.10 Å². The molecule has 0 radical (unpaired) electrons. The highest BCUT2D eigenvalue weighted by atomic mass is 19.2. The first-order chi connectivity index (χ1) is 10.6. The molecule has 3 rings (SSSR count). The Morgan fingerprint density at radius 1 is 1.23 bits per heavy atom. The van der Waals surface area contributed by atoms with E-state index in [4.69, 9.17) is 4.74 Å². The second-order valence-corrected chi connectivity index (χ2v) is 4.63. The molecule has 22 heavy (non-hydrogen) atoms. The molecule has 0 saturated carbocycles. The number of urea groups is 1. The third kappa shape index (κ3) is 2.62. The SMILES string of the molecule is O=C(Nc1ccc(F)c(F)c1F)Nc1n[nH]c2c1COCC2. The van der Waals surface area contributed by atoms with Crippen molar-refractivity contribution in [3.05, 3.63) is 40.8 Å². The fourth-order valence-corrected chi connectivity index (χ4v) is 2.10. The van der Waals surface area contributed by atoms with E-state index >= 15 is 0 Å². The van der Waals surface area contributed by atoms with Crippen molar-refractivity contribution in [2.45, 2.75) is 13.0 Å². The van der Waals surface area contributed by atoms with Gasteiger partial charge in [-0.05, 0) is 12.1 Å². The zero-order valence-electron chi connectivity index (χ0n) is 11.2. The van der Waals surface area contributed by atoms with Crippen molar-refractivity contribution < 1.29 is 22.7 Å². The summed E-state index contributed by atoms with van der Waals surface area (Å²) in [4.78, 5) is 11.8. The van der Waals surface area contributed by atoms with Crippen molar-refractivity contribution in [2.24, 2.45) is 0 Å². The number of aromatic amines is 1. The van der Waals surface area contributed by atoms with Crippen LogP contribution in [-0.2, 0) is 17.8 Å². The second kappa shape index (κ2) is 5.68. The summed E-state index contributed by atoms with van der Waals surface area (Å²) >= 11 is 0. The van der Waals surface area contributed by atoms with E-state index in [0.29, 0.717) is 25.2 Å². The topological polar surface area (TPSA) is 79.0 Å². The molecule has 0 atom stereocenters. The van der Waals surface area contributed by atoms with Gasteiger partial charge >= 0.3 is 6.03 Å². The molecule has 1 aliphatic rings. The van der Waals surface area contributed by atoms with Crippen LogP contribution in [-0.4, -0.2) is 22.8 Å². The minimum Gasteiger partial charge on any atom is -0.376 e. The molecule has 9 heteroatoms. The van der Waals surface area contributed by atoms with Gasteiger partial charge in [-0.25, -0.2) is 18.0 Å². The van der Waals surface area contributed by atoms with E-state index in [-0.39, 0.29) is 5.82 Å². The summed E-state index contributed by atoms with van der Waals surface area (Å²) in [5.41, 5.74) is 1.07. The molecule has 2 heterocycles. The average Bonchev–Trinajstić information content (AvgIpc) is 2.91. The number of ether oxygens (including phenoxy) is 1. The molecular formula is C13H11F3N4O2. The number of halogens is 3. The lowest BCUT2D eigenvalue weighted by Crippen LogP contribution is -2.22. The van der Waals surface area contributed by atoms with Crippen LogP contribution < -0.4 is 10.6 Å². The zero-order valence-corrected chi connectivity index (χ0v) is 11.2. The maximum atomic E-state index is 13.5. The van der Waals surface area contributed by atoms with Crippen LogP contribution >= 0.6 is 0 Å². The Labute approximate surface area is 122 Å². The summed E-state index contributed by atoms with van der Waals surface area (Å²) in [6, 6.07) is 0.819. The van der Waals surface area contributed by atoms with Crippen LogP contribution in [0.25, 0.3) is 0 Å². The van der Waals surface area contributed by atoms with E-state index in [1.165, 1.54) is 0 Å². The molecule has 0 saturated heterocycles. The van der Waals surface area contributed by atoms with E-state index in [0.717, 1.165) is 17.8 Å². The second-order valence-electron chi connectivity index (χ2n) is 4.63. The van der Waals surface area contributed by atoms with Gasteiger partial charge in [0, 0.05) is 17.7 Å². The molecule has 0 fully saturated rings. The van der Waals surface area contributed by atoms with Crippen molar-refractivity contribution in [1.82, 2.24) is 10.2 Å². The van der Waals surface area contributed by atoms with Crippen LogP contribution in [0.2, 0.25) is 0 Å². The number of benzene rings is 1. The quantitative estimate of drug-likeness (QED) is 0.746. The first kappa shape index (κ1) is 14.4. The lowest BCUT2D eigenvalue weighted by atomic mass is 10.1. The third-order valence-electron chi connectivity index (χ3n) is 3.21. The number of rotatable bonds is 2. The number of H-pyrrole nitrogens is 1. The Morgan fingerprint density at radius 3 is 2.86 bits per heavy atom. The first-order valence-electron chi connectivity index (χ1n) is 6.41. The van der Waals surface area contributed by atoms with Crippen molar-refractivity contribution in [3.8, 4) is 0 Å². The van der Waals surface area contributed by atoms with Gasteiger partial charge in [0.2, 0.25) is 0 Å². The predicted octanol–water partition coefficient (Wildman–Crippen LogP) is 2.54. The maximum absolute atomic E-state index is 13.5. The molecule has 3 N–H and O–H groups in total. The number of nitrogens with one attached hydrogen (secondary N) is 3. The Hall–Kier alpha value is -2.55. The number of aromatic nitrogens is 2. The number of hydrogen-bond donors (Lipinski definition) is 3. The van der Waals surface area contributed by atoms with Gasteiger partial charge in [0.25, 0.3) is 0 Å². The van der Waals surface area contributed by atoms with E-state index < -0.39 is 29.2 Å². The van der Waals surface area contributed by atoms with Gasteiger partial charge in [0.05, 0.1) is 18.9 Å². The molecule has 6 nitrogen and oxygen atoms in total. The van der Waals surface area contributed by atoms with Crippen molar-refractivity contribution >= 4 is 17.5 Å². The molecule has 2 aromatic rings. The van der Waals surface area contributed by atoms with Crippen molar-refractivity contribution in [2.75, 3.05) is 17.2 Å². The highest BCUT2D eigenvalue weighted by molar-refractivity contribution is 5.99. The number of amides is 2. The van der Waals surface area contributed by atoms with Crippen LogP contribution in [0.3, 0.4) is 0 Å². The minimum absolute atomic E-state index is 0.246. The molecule has 0 unspecified atom stereocenters. The third-order valence-corrected chi connectivity index (χ3v) is 3.21. The minimum atomic E-state index is -1.65. The molecule has 1 aromatic heterocycles. The predicted molar refractivity (Wildman–Crippen MR) is 70.9 cm³/mol. The fourth-order valence-electron chi connectivity index (χ4n) is 2.10. The number of carbonyl (C=O) groups is 1. The van der Waals surface area contributed by atoms with Gasteiger partial charge in [0.1, 0.15) is 0 Å². The lowest BCUT2D eigenvalue weighted by molar-refractivity contribution is 0.110. The van der Waals surface area contributed by atoms with Crippen molar-refractivity contribution in [3.63, 3.8) is 0 Å². The number of anilines is 2. The van der Waals surface area contributed by atoms with E-state index in [1.807, 2.05) is 0 Å². The summed E-state index contributed by atoms with van der Waals surface area (Å²) in [6.07, 6.45) is 0.642. The summed E-state index contributed by atoms with van der Waals surface area (Å²) in [5, 5.41) is 11.2. The summed E-state index contributed by atoms with van der Waals surface area (Å²) in [7, 11) is 0. The van der Waals surface area contributed by atoms with Gasteiger partial charge in [0.15, 0.2) is 23.3 Å². The van der Waals surface area contributed by atoms with Crippen LogP contribution in [0.5, 0.6) is 0 Å². The molecule has 0 spiro atoms. The van der Waals surface area contributed by atoms with Gasteiger partial charge in [-0.3, -0.25) is 10.4 Å². The van der Waals surface area contributed by atoms with Crippen LogP contribution in [0.4, 0.5) is 29.5 Å². The Balaban J connectivity index is 1.73. The van der Waals surface area contributed by atoms with Gasteiger partial charge < -0.3 is 10.1 Å². The first-order valence-corrected chi connectivity index (χ1v) is 6.41. The van der Waals surface area contributed by atoms with Crippen molar-refractivity contribution in [1.29, 1.82) is 0 Å². The lowest BCUT2D eigenvalue weighted by Gasteiger charge is -2.13. The molecule has 2 amide bonds. The Bertz CT molecular complexity index is 732. The Morgan fingerprint density at radius 2 is 2.05 bits per heavy atom. The monoisotopic (exact) mass is 312 g/mol. The van der Waals surface area contributed by atoms with Gasteiger partial charge in [-0.15, -0.1) is 0 Å². The highest BCUT2D eigenvalue weighted by Crippen LogP contribution is 2.23. The Kier molecular flexibility index (Phi) is 3.72. The number of nitrogens with zero attached hydrogens (tertiary/aromatic N) is 1. The summed E-state index contributed by atoms with van der Waals surface area (Å²) in [5.74, 6) is -4.21.